The highest BCUT2D eigenvalue weighted by Crippen LogP contribution is 2.46. The van der Waals surface area contributed by atoms with Crippen LogP contribution in [0, 0.1) is 5.41 Å². The molecule has 100 valence electrons. The Hall–Kier alpha value is -1.41. The van der Waals surface area contributed by atoms with Gasteiger partial charge in [-0.1, -0.05) is 44.4 Å². The average molecular weight is 255 g/mol. The fourth-order valence-corrected chi connectivity index (χ4v) is 3.37. The van der Waals surface area contributed by atoms with Crippen LogP contribution in [-0.2, 0) is 0 Å². The zero-order valence-corrected chi connectivity index (χ0v) is 11.5. The number of pyridine rings is 1. The van der Waals surface area contributed by atoms with Crippen molar-refractivity contribution in [2.24, 2.45) is 5.41 Å². The lowest BCUT2D eigenvalue weighted by molar-refractivity contribution is 0.00919. The minimum atomic E-state index is -0.388. The molecule has 1 fully saturated rings. The Morgan fingerprint density at radius 1 is 1.11 bits per heavy atom. The number of nitrogens with zero attached hydrogens (tertiary/aromatic N) is 1. The van der Waals surface area contributed by atoms with Crippen LogP contribution in [0.2, 0.25) is 0 Å². The molecule has 3 rings (SSSR count). The summed E-state index contributed by atoms with van der Waals surface area (Å²) in [6, 6.07) is 10.1. The number of fused-ring (bicyclic) bond motifs is 1. The van der Waals surface area contributed by atoms with Crippen molar-refractivity contribution in [3.63, 3.8) is 0 Å². The first kappa shape index (κ1) is 12.6. The van der Waals surface area contributed by atoms with Gasteiger partial charge >= 0.3 is 0 Å². The lowest BCUT2D eigenvalue weighted by atomic mass is 9.69. The lowest BCUT2D eigenvalue weighted by Gasteiger charge is -2.38. The average Bonchev–Trinajstić information content (AvgIpc) is 2.47. The SMILES string of the molecule is CC1(C(O)c2cccc3ncccc23)CCCCC1. The van der Waals surface area contributed by atoms with E-state index in [4.69, 9.17) is 0 Å². The molecule has 1 aliphatic carbocycles. The van der Waals surface area contributed by atoms with Crippen molar-refractivity contribution in [1.82, 2.24) is 4.98 Å². The standard InChI is InChI=1S/C17H21NO/c1-17(10-3-2-4-11-17)16(19)14-7-5-9-15-13(14)8-6-12-18-15/h5-9,12,16,19H,2-4,10-11H2,1H3. The van der Waals surface area contributed by atoms with Gasteiger partial charge in [0.25, 0.3) is 0 Å². The normalized spacial score (nSPS) is 20.3. The summed E-state index contributed by atoms with van der Waals surface area (Å²) in [5.74, 6) is 0. The van der Waals surface area contributed by atoms with Gasteiger partial charge in [0.15, 0.2) is 0 Å². The fraction of sp³-hybridized carbons (Fsp3) is 0.471. The Labute approximate surface area is 114 Å². The van der Waals surface area contributed by atoms with Gasteiger partial charge in [0.2, 0.25) is 0 Å². The Bertz CT molecular complexity index is 567. The molecule has 1 aliphatic rings. The number of benzene rings is 1. The number of aliphatic hydroxyl groups is 1. The number of aromatic nitrogens is 1. The molecule has 0 saturated heterocycles. The van der Waals surface area contributed by atoms with E-state index in [0.717, 1.165) is 29.3 Å². The number of aliphatic hydroxyl groups excluding tert-OH is 1. The van der Waals surface area contributed by atoms with E-state index in [0.29, 0.717) is 0 Å². The van der Waals surface area contributed by atoms with Crippen LogP contribution in [0.15, 0.2) is 36.5 Å². The van der Waals surface area contributed by atoms with Gasteiger partial charge in [0, 0.05) is 11.6 Å². The zero-order valence-electron chi connectivity index (χ0n) is 11.5. The molecular formula is C17H21NO. The van der Waals surface area contributed by atoms with Gasteiger partial charge in [-0.05, 0) is 36.0 Å². The molecule has 0 bridgehead atoms. The molecule has 1 aromatic heterocycles. The first-order valence-electron chi connectivity index (χ1n) is 7.22. The van der Waals surface area contributed by atoms with Crippen LogP contribution in [0.3, 0.4) is 0 Å². The van der Waals surface area contributed by atoms with Crippen molar-refractivity contribution in [3.05, 3.63) is 42.1 Å². The maximum absolute atomic E-state index is 10.9. The van der Waals surface area contributed by atoms with Crippen LogP contribution in [0.5, 0.6) is 0 Å². The molecule has 1 saturated carbocycles. The van der Waals surface area contributed by atoms with E-state index in [1.54, 1.807) is 6.20 Å². The van der Waals surface area contributed by atoms with E-state index in [9.17, 15) is 5.11 Å². The monoisotopic (exact) mass is 255 g/mol. The maximum Gasteiger partial charge on any atom is 0.0850 e. The second-order valence-corrected chi connectivity index (χ2v) is 6.03. The molecule has 1 atom stereocenters. The van der Waals surface area contributed by atoms with E-state index >= 15 is 0 Å². The Kier molecular flexibility index (Phi) is 3.28. The predicted molar refractivity (Wildman–Crippen MR) is 77.9 cm³/mol. The van der Waals surface area contributed by atoms with Crippen molar-refractivity contribution in [2.75, 3.05) is 0 Å². The molecule has 2 nitrogen and oxygen atoms in total. The maximum atomic E-state index is 10.9. The van der Waals surface area contributed by atoms with Gasteiger partial charge in [0.05, 0.1) is 11.6 Å². The highest BCUT2D eigenvalue weighted by atomic mass is 16.3. The quantitative estimate of drug-likeness (QED) is 0.870. The van der Waals surface area contributed by atoms with Crippen molar-refractivity contribution < 1.29 is 5.11 Å². The topological polar surface area (TPSA) is 33.1 Å². The zero-order chi connectivity index (χ0) is 13.3. The van der Waals surface area contributed by atoms with Crippen molar-refractivity contribution in [3.8, 4) is 0 Å². The number of hydrogen-bond donors (Lipinski definition) is 1. The Morgan fingerprint density at radius 3 is 2.68 bits per heavy atom. The summed E-state index contributed by atoms with van der Waals surface area (Å²) in [5.41, 5.74) is 2.02. The third-order valence-corrected chi connectivity index (χ3v) is 4.63. The molecule has 2 heteroatoms. The summed E-state index contributed by atoms with van der Waals surface area (Å²) < 4.78 is 0. The van der Waals surface area contributed by atoms with Crippen LogP contribution in [0.25, 0.3) is 10.9 Å². The minimum Gasteiger partial charge on any atom is -0.388 e. The van der Waals surface area contributed by atoms with Crippen LogP contribution in [0.4, 0.5) is 0 Å². The van der Waals surface area contributed by atoms with Gasteiger partial charge < -0.3 is 5.11 Å². The van der Waals surface area contributed by atoms with Crippen LogP contribution in [-0.4, -0.2) is 10.1 Å². The van der Waals surface area contributed by atoms with E-state index in [1.807, 2.05) is 18.2 Å². The molecule has 2 aromatic rings. The first-order chi connectivity index (χ1) is 9.21. The number of hydrogen-bond acceptors (Lipinski definition) is 2. The molecule has 1 unspecified atom stereocenters. The smallest absolute Gasteiger partial charge is 0.0850 e. The van der Waals surface area contributed by atoms with Crippen molar-refractivity contribution in [2.45, 2.75) is 45.1 Å². The molecule has 1 N–H and O–H groups in total. The molecule has 0 radical (unpaired) electrons. The van der Waals surface area contributed by atoms with Crippen molar-refractivity contribution >= 4 is 10.9 Å². The van der Waals surface area contributed by atoms with E-state index in [1.165, 1.54) is 19.3 Å². The third kappa shape index (κ3) is 2.25. The summed E-state index contributed by atoms with van der Waals surface area (Å²) >= 11 is 0. The minimum absolute atomic E-state index is 0.0162. The second-order valence-electron chi connectivity index (χ2n) is 6.03. The lowest BCUT2D eigenvalue weighted by Crippen LogP contribution is -2.28. The molecule has 0 amide bonds. The summed E-state index contributed by atoms with van der Waals surface area (Å²) in [5, 5.41) is 12.0. The second kappa shape index (κ2) is 4.93. The molecule has 0 aliphatic heterocycles. The highest BCUT2D eigenvalue weighted by molar-refractivity contribution is 5.82. The van der Waals surface area contributed by atoms with Gasteiger partial charge in [-0.3, -0.25) is 4.98 Å². The summed E-state index contributed by atoms with van der Waals surface area (Å²) in [6.07, 6.45) is 7.42. The molecule has 1 aromatic carbocycles. The van der Waals surface area contributed by atoms with Gasteiger partial charge in [-0.25, -0.2) is 0 Å². The summed E-state index contributed by atoms with van der Waals surface area (Å²) in [7, 11) is 0. The Morgan fingerprint density at radius 2 is 1.89 bits per heavy atom. The van der Waals surface area contributed by atoms with E-state index in [2.05, 4.69) is 24.0 Å². The van der Waals surface area contributed by atoms with Crippen LogP contribution in [0.1, 0.15) is 50.7 Å². The summed E-state index contributed by atoms with van der Waals surface area (Å²) in [4.78, 5) is 4.38. The molecule has 0 spiro atoms. The molecular weight excluding hydrogens is 234 g/mol. The fourth-order valence-electron chi connectivity index (χ4n) is 3.37. The van der Waals surface area contributed by atoms with E-state index in [-0.39, 0.29) is 11.5 Å². The van der Waals surface area contributed by atoms with Gasteiger partial charge in [-0.2, -0.15) is 0 Å². The molecule has 19 heavy (non-hydrogen) atoms. The highest BCUT2D eigenvalue weighted by Gasteiger charge is 2.35. The molecule has 1 heterocycles. The van der Waals surface area contributed by atoms with Gasteiger partial charge in [0.1, 0.15) is 0 Å². The van der Waals surface area contributed by atoms with Crippen LogP contribution >= 0.6 is 0 Å². The summed E-state index contributed by atoms with van der Waals surface area (Å²) in [6.45, 7) is 2.23. The van der Waals surface area contributed by atoms with Crippen LogP contribution < -0.4 is 0 Å². The van der Waals surface area contributed by atoms with Crippen molar-refractivity contribution in [1.29, 1.82) is 0 Å². The largest absolute Gasteiger partial charge is 0.388 e. The third-order valence-electron chi connectivity index (χ3n) is 4.63. The first-order valence-corrected chi connectivity index (χ1v) is 7.22. The Balaban J connectivity index is 2.03. The predicted octanol–water partition coefficient (Wildman–Crippen LogP) is 4.24. The van der Waals surface area contributed by atoms with E-state index < -0.39 is 0 Å². The van der Waals surface area contributed by atoms with Gasteiger partial charge in [-0.15, -0.1) is 0 Å². The number of rotatable bonds is 2.